The van der Waals surface area contributed by atoms with Crippen LogP contribution < -0.4 is 11.3 Å². The quantitative estimate of drug-likeness (QED) is 0.402. The Morgan fingerprint density at radius 2 is 2.62 bits per heavy atom. The Hall–Kier alpha value is -1.13. The molecule has 1 rings (SSSR count). The van der Waals surface area contributed by atoms with Crippen LogP contribution in [0.4, 0.5) is 0 Å². The van der Waals surface area contributed by atoms with Crippen molar-refractivity contribution in [2.45, 2.75) is 18.9 Å². The first-order chi connectivity index (χ1) is 6.27. The maximum absolute atomic E-state index is 5.42. The number of nitrogens with zero attached hydrogens (tertiary/aromatic N) is 2. The zero-order valence-corrected chi connectivity index (χ0v) is 7.90. The van der Waals surface area contributed by atoms with Crippen LogP contribution in [0.3, 0.4) is 0 Å². The summed E-state index contributed by atoms with van der Waals surface area (Å²) in [5.74, 6) is 5.42. The SMILES string of the molecule is C=CCCC(NN)c1ccn(C)n1. The fourth-order valence-electron chi connectivity index (χ4n) is 1.22. The summed E-state index contributed by atoms with van der Waals surface area (Å²) in [4.78, 5) is 0. The Morgan fingerprint density at radius 1 is 1.85 bits per heavy atom. The summed E-state index contributed by atoms with van der Waals surface area (Å²) >= 11 is 0. The molecule has 0 saturated heterocycles. The first-order valence-electron chi connectivity index (χ1n) is 4.34. The summed E-state index contributed by atoms with van der Waals surface area (Å²) in [7, 11) is 1.89. The summed E-state index contributed by atoms with van der Waals surface area (Å²) in [6.07, 6.45) is 5.66. The molecule has 13 heavy (non-hydrogen) atoms. The van der Waals surface area contributed by atoms with E-state index in [-0.39, 0.29) is 6.04 Å². The molecule has 1 heterocycles. The number of rotatable bonds is 5. The second-order valence-corrected chi connectivity index (χ2v) is 3.00. The largest absolute Gasteiger partial charge is 0.275 e. The van der Waals surface area contributed by atoms with Gasteiger partial charge in [0.25, 0.3) is 0 Å². The Bertz CT molecular complexity index is 266. The van der Waals surface area contributed by atoms with E-state index in [2.05, 4.69) is 17.1 Å². The number of hydrogen-bond acceptors (Lipinski definition) is 3. The van der Waals surface area contributed by atoms with E-state index in [0.717, 1.165) is 18.5 Å². The van der Waals surface area contributed by atoms with Gasteiger partial charge in [-0.25, -0.2) is 0 Å². The summed E-state index contributed by atoms with van der Waals surface area (Å²) in [5, 5.41) is 4.27. The molecule has 1 unspecified atom stereocenters. The van der Waals surface area contributed by atoms with Crippen LogP contribution in [0.2, 0.25) is 0 Å². The average molecular weight is 180 g/mol. The molecule has 1 aromatic rings. The van der Waals surface area contributed by atoms with Crippen LogP contribution in [0, 0.1) is 0 Å². The Labute approximate surface area is 78.4 Å². The summed E-state index contributed by atoms with van der Waals surface area (Å²) < 4.78 is 1.77. The molecule has 3 N–H and O–H groups in total. The van der Waals surface area contributed by atoms with Gasteiger partial charge in [0.05, 0.1) is 11.7 Å². The van der Waals surface area contributed by atoms with E-state index < -0.39 is 0 Å². The molecule has 0 aliphatic heterocycles. The molecule has 0 aromatic carbocycles. The van der Waals surface area contributed by atoms with Gasteiger partial charge >= 0.3 is 0 Å². The summed E-state index contributed by atoms with van der Waals surface area (Å²) in [6.45, 7) is 3.67. The lowest BCUT2D eigenvalue weighted by molar-refractivity contribution is 0.501. The third-order valence-corrected chi connectivity index (χ3v) is 1.95. The minimum absolute atomic E-state index is 0.124. The van der Waals surface area contributed by atoms with Crippen LogP contribution in [-0.4, -0.2) is 9.78 Å². The molecule has 1 aromatic heterocycles. The van der Waals surface area contributed by atoms with Crippen molar-refractivity contribution < 1.29 is 0 Å². The standard InChI is InChI=1S/C9H16N4/c1-3-4-5-8(11-10)9-6-7-13(2)12-9/h3,6-8,11H,1,4-5,10H2,2H3. The molecule has 0 saturated carbocycles. The molecule has 0 aliphatic carbocycles. The highest BCUT2D eigenvalue weighted by Crippen LogP contribution is 2.14. The number of nitrogens with one attached hydrogen (secondary N) is 1. The molecule has 4 nitrogen and oxygen atoms in total. The second kappa shape index (κ2) is 4.79. The van der Waals surface area contributed by atoms with Crippen molar-refractivity contribution in [3.8, 4) is 0 Å². The highest BCUT2D eigenvalue weighted by molar-refractivity contribution is 5.05. The van der Waals surface area contributed by atoms with Crippen LogP contribution in [0.1, 0.15) is 24.6 Å². The Balaban J connectivity index is 2.60. The molecular formula is C9H16N4. The van der Waals surface area contributed by atoms with Crippen LogP contribution in [0.25, 0.3) is 0 Å². The molecule has 0 fully saturated rings. The van der Waals surface area contributed by atoms with Crippen LogP contribution >= 0.6 is 0 Å². The van der Waals surface area contributed by atoms with Crippen LogP contribution in [0.15, 0.2) is 24.9 Å². The lowest BCUT2D eigenvalue weighted by atomic mass is 10.1. The van der Waals surface area contributed by atoms with Gasteiger partial charge in [0.1, 0.15) is 0 Å². The lowest BCUT2D eigenvalue weighted by Crippen LogP contribution is -2.28. The van der Waals surface area contributed by atoms with E-state index in [1.807, 2.05) is 25.4 Å². The number of hydrazine groups is 1. The molecular weight excluding hydrogens is 164 g/mol. The molecule has 0 aliphatic rings. The molecule has 72 valence electrons. The second-order valence-electron chi connectivity index (χ2n) is 3.00. The van der Waals surface area contributed by atoms with Crippen molar-refractivity contribution in [2.75, 3.05) is 0 Å². The predicted octanol–water partition coefficient (Wildman–Crippen LogP) is 0.891. The van der Waals surface area contributed by atoms with E-state index in [1.54, 1.807) is 4.68 Å². The Kier molecular flexibility index (Phi) is 3.67. The predicted molar refractivity (Wildman–Crippen MR) is 52.7 cm³/mol. The number of allylic oxidation sites excluding steroid dienone is 1. The first-order valence-corrected chi connectivity index (χ1v) is 4.34. The van der Waals surface area contributed by atoms with Gasteiger partial charge in [-0.05, 0) is 18.9 Å². The van der Waals surface area contributed by atoms with E-state index >= 15 is 0 Å². The summed E-state index contributed by atoms with van der Waals surface area (Å²) in [5.41, 5.74) is 3.72. The highest BCUT2D eigenvalue weighted by atomic mass is 15.3. The van der Waals surface area contributed by atoms with Crippen molar-refractivity contribution in [1.82, 2.24) is 15.2 Å². The topological polar surface area (TPSA) is 55.9 Å². The van der Waals surface area contributed by atoms with Gasteiger partial charge in [-0.2, -0.15) is 5.10 Å². The third kappa shape index (κ3) is 2.68. The van der Waals surface area contributed by atoms with E-state index in [0.29, 0.717) is 0 Å². The maximum atomic E-state index is 5.42. The molecule has 0 spiro atoms. The minimum atomic E-state index is 0.124. The zero-order chi connectivity index (χ0) is 9.68. The fraction of sp³-hybridized carbons (Fsp3) is 0.444. The van der Waals surface area contributed by atoms with Gasteiger partial charge in [-0.3, -0.25) is 16.0 Å². The van der Waals surface area contributed by atoms with Crippen molar-refractivity contribution in [3.05, 3.63) is 30.6 Å². The normalized spacial score (nSPS) is 12.8. The van der Waals surface area contributed by atoms with Gasteiger partial charge in [0.15, 0.2) is 0 Å². The van der Waals surface area contributed by atoms with E-state index in [1.165, 1.54) is 0 Å². The highest BCUT2D eigenvalue weighted by Gasteiger charge is 2.10. The molecule has 4 heteroatoms. The van der Waals surface area contributed by atoms with Gasteiger partial charge in [-0.15, -0.1) is 6.58 Å². The third-order valence-electron chi connectivity index (χ3n) is 1.95. The van der Waals surface area contributed by atoms with Gasteiger partial charge in [0, 0.05) is 13.2 Å². The fourth-order valence-corrected chi connectivity index (χ4v) is 1.22. The van der Waals surface area contributed by atoms with Crippen LogP contribution in [0.5, 0.6) is 0 Å². The van der Waals surface area contributed by atoms with E-state index in [9.17, 15) is 0 Å². The number of aromatic nitrogens is 2. The van der Waals surface area contributed by atoms with Gasteiger partial charge < -0.3 is 0 Å². The number of hydrogen-bond donors (Lipinski definition) is 2. The van der Waals surface area contributed by atoms with Crippen LogP contribution in [-0.2, 0) is 7.05 Å². The van der Waals surface area contributed by atoms with Gasteiger partial charge in [-0.1, -0.05) is 6.08 Å². The minimum Gasteiger partial charge on any atom is -0.275 e. The first kappa shape index (κ1) is 9.95. The average Bonchev–Trinajstić information content (AvgIpc) is 2.54. The monoisotopic (exact) mass is 180 g/mol. The molecule has 0 amide bonds. The number of aryl methyl sites for hydroxylation is 1. The molecule has 1 atom stereocenters. The lowest BCUT2D eigenvalue weighted by Gasteiger charge is -2.11. The molecule has 0 radical (unpaired) electrons. The van der Waals surface area contributed by atoms with Gasteiger partial charge in [0.2, 0.25) is 0 Å². The maximum Gasteiger partial charge on any atom is 0.0807 e. The van der Waals surface area contributed by atoms with Crippen molar-refractivity contribution in [1.29, 1.82) is 0 Å². The molecule has 0 bridgehead atoms. The Morgan fingerprint density at radius 3 is 3.08 bits per heavy atom. The van der Waals surface area contributed by atoms with Crippen molar-refractivity contribution in [3.63, 3.8) is 0 Å². The smallest absolute Gasteiger partial charge is 0.0807 e. The number of nitrogens with two attached hydrogens (primary N) is 1. The van der Waals surface area contributed by atoms with Crippen molar-refractivity contribution >= 4 is 0 Å². The van der Waals surface area contributed by atoms with E-state index in [4.69, 9.17) is 5.84 Å². The summed E-state index contributed by atoms with van der Waals surface area (Å²) in [6, 6.07) is 2.09. The van der Waals surface area contributed by atoms with Crippen molar-refractivity contribution in [2.24, 2.45) is 12.9 Å². The zero-order valence-electron chi connectivity index (χ0n) is 7.90.